The van der Waals surface area contributed by atoms with Crippen molar-refractivity contribution in [3.8, 4) is 17.2 Å². The van der Waals surface area contributed by atoms with Crippen LogP contribution in [0.1, 0.15) is 61.8 Å². The second-order valence-electron chi connectivity index (χ2n) is 9.41. The van der Waals surface area contributed by atoms with Gasteiger partial charge in [-0.15, -0.1) is 0 Å². The van der Waals surface area contributed by atoms with Crippen LogP contribution in [0.3, 0.4) is 0 Å². The van der Waals surface area contributed by atoms with Gasteiger partial charge in [-0.3, -0.25) is 4.79 Å². The fourth-order valence-electron chi connectivity index (χ4n) is 5.08. The topological polar surface area (TPSA) is 55.8 Å². The van der Waals surface area contributed by atoms with Gasteiger partial charge in [0.1, 0.15) is 28.9 Å². The molecule has 5 rings (SSSR count). The van der Waals surface area contributed by atoms with Crippen molar-refractivity contribution in [1.82, 2.24) is 0 Å². The minimum atomic E-state index is -0.449. The number of rotatable bonds is 6. The summed E-state index contributed by atoms with van der Waals surface area (Å²) in [6, 6.07) is 26.4. The zero-order valence-corrected chi connectivity index (χ0v) is 20.9. The number of Topliss-reactive ketones (excluding diaryl/α,β-unsaturated/α-hetero) is 1. The predicted molar refractivity (Wildman–Crippen MR) is 141 cm³/mol. The molecule has 4 aromatic carbocycles. The molecular formula is C32H30O4. The van der Waals surface area contributed by atoms with Crippen molar-refractivity contribution in [2.75, 3.05) is 7.11 Å². The van der Waals surface area contributed by atoms with E-state index in [-0.39, 0.29) is 18.0 Å². The van der Waals surface area contributed by atoms with Crippen molar-refractivity contribution in [3.63, 3.8) is 0 Å². The molecule has 4 aromatic rings. The molecule has 0 aliphatic carbocycles. The molecule has 0 spiro atoms. The maximum Gasteiger partial charge on any atom is 0.174 e. The Bertz CT molecular complexity index is 1410. The molecule has 4 nitrogen and oxygen atoms in total. The van der Waals surface area contributed by atoms with Crippen molar-refractivity contribution in [3.05, 3.63) is 123 Å². The number of hydrogen-bond donors (Lipinski definition) is 1. The van der Waals surface area contributed by atoms with Crippen LogP contribution >= 0.6 is 0 Å². The van der Waals surface area contributed by atoms with E-state index in [2.05, 4.69) is 24.3 Å². The second-order valence-corrected chi connectivity index (χ2v) is 9.41. The number of methoxy groups -OCH3 is 1. The number of aromatic hydroxyl groups is 1. The van der Waals surface area contributed by atoms with Gasteiger partial charge in [0.05, 0.1) is 13.5 Å². The lowest BCUT2D eigenvalue weighted by molar-refractivity contribution is 0.0842. The Balaban J connectivity index is 1.49. The van der Waals surface area contributed by atoms with Crippen LogP contribution in [0.4, 0.5) is 0 Å². The molecule has 0 saturated heterocycles. The van der Waals surface area contributed by atoms with Crippen molar-refractivity contribution in [2.45, 2.75) is 39.2 Å². The lowest BCUT2D eigenvalue weighted by atomic mass is 9.87. The Morgan fingerprint density at radius 2 is 1.53 bits per heavy atom. The van der Waals surface area contributed by atoms with Gasteiger partial charge >= 0.3 is 0 Å². The molecule has 0 aromatic heterocycles. The van der Waals surface area contributed by atoms with Crippen molar-refractivity contribution in [2.24, 2.45) is 0 Å². The highest BCUT2D eigenvalue weighted by molar-refractivity contribution is 6.03. The number of ether oxygens (including phenoxy) is 2. The van der Waals surface area contributed by atoms with Gasteiger partial charge in [0.25, 0.3) is 0 Å². The summed E-state index contributed by atoms with van der Waals surface area (Å²) in [5.41, 5.74) is 7.21. The van der Waals surface area contributed by atoms with Gasteiger partial charge < -0.3 is 14.6 Å². The molecule has 0 saturated carbocycles. The first kappa shape index (κ1) is 23.7. The molecule has 0 fully saturated rings. The van der Waals surface area contributed by atoms with Gasteiger partial charge in [0.15, 0.2) is 5.78 Å². The molecule has 0 radical (unpaired) electrons. The Labute approximate surface area is 212 Å². The summed E-state index contributed by atoms with van der Waals surface area (Å²) in [7, 11) is 1.66. The molecule has 0 bridgehead atoms. The van der Waals surface area contributed by atoms with Crippen LogP contribution in [0, 0.1) is 13.8 Å². The highest BCUT2D eigenvalue weighted by Gasteiger charge is 2.34. The van der Waals surface area contributed by atoms with Crippen LogP contribution in [0.25, 0.3) is 0 Å². The van der Waals surface area contributed by atoms with E-state index >= 15 is 0 Å². The van der Waals surface area contributed by atoms with E-state index in [9.17, 15) is 9.90 Å². The molecule has 1 heterocycles. The highest BCUT2D eigenvalue weighted by Crippen LogP contribution is 2.45. The smallest absolute Gasteiger partial charge is 0.174 e. The third kappa shape index (κ3) is 4.47. The molecule has 4 heteroatoms. The number of phenols is 1. The molecular weight excluding hydrogens is 448 g/mol. The third-order valence-corrected chi connectivity index (χ3v) is 7.12. The first-order valence-electron chi connectivity index (χ1n) is 12.3. The van der Waals surface area contributed by atoms with E-state index in [1.807, 2.05) is 68.4 Å². The summed E-state index contributed by atoms with van der Waals surface area (Å²) >= 11 is 0. The van der Waals surface area contributed by atoms with Crippen LogP contribution in [0.15, 0.2) is 78.9 Å². The Hall–Kier alpha value is -4.05. The minimum Gasteiger partial charge on any atom is -0.507 e. The third-order valence-electron chi connectivity index (χ3n) is 7.12. The van der Waals surface area contributed by atoms with Crippen LogP contribution in [-0.2, 0) is 12.8 Å². The maximum absolute atomic E-state index is 13.3. The summed E-state index contributed by atoms with van der Waals surface area (Å²) in [6.45, 7) is 3.85. The largest absolute Gasteiger partial charge is 0.507 e. The number of ketones is 1. The van der Waals surface area contributed by atoms with Crippen molar-refractivity contribution < 1.29 is 19.4 Å². The molecule has 0 unspecified atom stereocenters. The summed E-state index contributed by atoms with van der Waals surface area (Å²) in [6.07, 6.45) is 1.13. The Kier molecular flexibility index (Phi) is 6.51. The summed E-state index contributed by atoms with van der Waals surface area (Å²) in [5, 5.41) is 11.0. The molecule has 1 atom stereocenters. The number of hydrogen-bond acceptors (Lipinski definition) is 4. The van der Waals surface area contributed by atoms with E-state index in [1.165, 1.54) is 5.56 Å². The van der Waals surface area contributed by atoms with Gasteiger partial charge in [-0.2, -0.15) is 0 Å². The maximum atomic E-state index is 13.3. The lowest BCUT2D eigenvalue weighted by Gasteiger charge is -2.30. The van der Waals surface area contributed by atoms with Crippen LogP contribution < -0.4 is 9.47 Å². The monoisotopic (exact) mass is 478 g/mol. The fourth-order valence-corrected chi connectivity index (χ4v) is 5.08. The minimum absolute atomic E-state index is 0.0285. The summed E-state index contributed by atoms with van der Waals surface area (Å²) < 4.78 is 12.2. The fraction of sp³-hybridized carbons (Fsp3) is 0.219. The summed E-state index contributed by atoms with van der Waals surface area (Å²) in [4.78, 5) is 13.3. The molecule has 1 N–H and O–H groups in total. The number of benzene rings is 4. The standard InChI is InChI=1S/C32H30O4/c1-20-26(17-23-12-8-5-9-13-23)21(2)32-30(31(20)34)27(33)19-29(36-32)25-15-14-24(28(18-25)35-3)16-22-10-6-4-7-11-22/h4-15,18,29,34H,16-17,19H2,1-3H3/t29-/m1/s1. The normalized spacial score (nSPS) is 14.8. The van der Waals surface area contributed by atoms with E-state index in [1.54, 1.807) is 7.11 Å². The predicted octanol–water partition coefficient (Wildman–Crippen LogP) is 6.91. The SMILES string of the molecule is COc1cc([C@H]2CC(=O)c3c(O)c(C)c(Cc4ccccc4)c(C)c3O2)ccc1Cc1ccccc1. The van der Waals surface area contributed by atoms with Crippen molar-refractivity contribution in [1.29, 1.82) is 0 Å². The number of phenolic OH excluding ortho intramolecular Hbond substituents is 1. The zero-order chi connectivity index (χ0) is 25.2. The molecule has 36 heavy (non-hydrogen) atoms. The Morgan fingerprint density at radius 3 is 2.17 bits per heavy atom. The number of fused-ring (bicyclic) bond motifs is 1. The lowest BCUT2D eigenvalue weighted by Crippen LogP contribution is -2.22. The van der Waals surface area contributed by atoms with Crippen LogP contribution in [0.5, 0.6) is 17.2 Å². The van der Waals surface area contributed by atoms with Crippen LogP contribution in [-0.4, -0.2) is 18.0 Å². The van der Waals surface area contributed by atoms with Crippen LogP contribution in [0.2, 0.25) is 0 Å². The van der Waals surface area contributed by atoms with E-state index in [0.29, 0.717) is 17.7 Å². The Morgan fingerprint density at radius 1 is 0.889 bits per heavy atom. The highest BCUT2D eigenvalue weighted by atomic mass is 16.5. The van der Waals surface area contributed by atoms with Gasteiger partial charge in [-0.05, 0) is 65.3 Å². The quantitative estimate of drug-likeness (QED) is 0.327. The van der Waals surface area contributed by atoms with E-state index in [0.717, 1.165) is 45.6 Å². The van der Waals surface area contributed by atoms with E-state index < -0.39 is 6.10 Å². The average molecular weight is 479 g/mol. The van der Waals surface area contributed by atoms with Gasteiger partial charge in [-0.25, -0.2) is 0 Å². The first-order valence-corrected chi connectivity index (χ1v) is 12.3. The van der Waals surface area contributed by atoms with Gasteiger partial charge in [0.2, 0.25) is 0 Å². The molecule has 182 valence electrons. The number of carbonyl (C=O) groups is 1. The van der Waals surface area contributed by atoms with Crippen molar-refractivity contribution >= 4 is 5.78 Å². The van der Waals surface area contributed by atoms with E-state index in [4.69, 9.17) is 9.47 Å². The zero-order valence-electron chi connectivity index (χ0n) is 20.9. The molecule has 1 aliphatic heterocycles. The second kappa shape index (κ2) is 9.90. The molecule has 0 amide bonds. The summed E-state index contributed by atoms with van der Waals surface area (Å²) in [5.74, 6) is 1.17. The first-order chi connectivity index (χ1) is 17.5. The van der Waals surface area contributed by atoms with Gasteiger partial charge in [-0.1, -0.05) is 72.8 Å². The average Bonchev–Trinajstić information content (AvgIpc) is 2.91. The van der Waals surface area contributed by atoms with Gasteiger partial charge in [0, 0.05) is 6.42 Å². The number of carbonyl (C=O) groups excluding carboxylic acids is 1. The molecule has 1 aliphatic rings.